The van der Waals surface area contributed by atoms with Crippen molar-refractivity contribution in [2.24, 2.45) is 11.3 Å². The summed E-state index contributed by atoms with van der Waals surface area (Å²) >= 11 is 0. The zero-order valence-electron chi connectivity index (χ0n) is 17.9. The minimum absolute atomic E-state index is 0.143. The maximum absolute atomic E-state index is 10.7. The monoisotopic (exact) mass is 376 g/mol. The molecule has 4 aliphatic heterocycles. The average molecular weight is 377 g/mol. The molecule has 0 aromatic carbocycles. The van der Waals surface area contributed by atoms with E-state index in [0.717, 1.165) is 18.5 Å². The van der Waals surface area contributed by atoms with Crippen molar-refractivity contribution in [2.45, 2.75) is 95.1 Å². The Morgan fingerprint density at radius 1 is 1.00 bits per heavy atom. The molecule has 0 amide bonds. The minimum Gasteiger partial charge on any atom is -0.390 e. The molecule has 0 radical (unpaired) electrons. The fraction of sp³-hybridized carbons (Fsp3) is 1.00. The van der Waals surface area contributed by atoms with Crippen LogP contribution in [0, 0.1) is 11.3 Å². The van der Waals surface area contributed by atoms with Gasteiger partial charge in [0.1, 0.15) is 0 Å². The van der Waals surface area contributed by atoms with Gasteiger partial charge in [-0.3, -0.25) is 9.80 Å². The first-order valence-corrected chi connectivity index (χ1v) is 11.5. The van der Waals surface area contributed by atoms with Crippen LogP contribution in [0.3, 0.4) is 0 Å². The van der Waals surface area contributed by atoms with Crippen LogP contribution in [-0.2, 0) is 0 Å². The molecule has 0 aromatic heterocycles. The molecule has 4 atom stereocenters. The summed E-state index contributed by atoms with van der Waals surface area (Å²) in [6.07, 6.45) is 11.2. The molecule has 154 valence electrons. The highest BCUT2D eigenvalue weighted by Gasteiger charge is 2.63. The Kier molecular flexibility index (Phi) is 4.46. The first-order chi connectivity index (χ1) is 12.8. The van der Waals surface area contributed by atoms with Crippen LogP contribution >= 0.6 is 0 Å². The Hall–Kier alpha value is -0.200. The van der Waals surface area contributed by atoms with Crippen LogP contribution < -0.4 is 0 Å². The lowest BCUT2D eigenvalue weighted by Gasteiger charge is -2.49. The SMILES string of the molecule is CN1CCC(N2C3CCCCC3CN2C)CC1N1CC2(C(C)(C)O)CC1C2. The molecule has 6 rings (SSSR count). The summed E-state index contributed by atoms with van der Waals surface area (Å²) < 4.78 is 0. The van der Waals surface area contributed by atoms with Crippen molar-refractivity contribution in [1.29, 1.82) is 0 Å². The van der Waals surface area contributed by atoms with E-state index in [9.17, 15) is 5.11 Å². The number of hydrogen-bond donors (Lipinski definition) is 1. The molecule has 6 aliphatic rings. The van der Waals surface area contributed by atoms with Gasteiger partial charge in [-0.05, 0) is 65.3 Å². The molecular weight excluding hydrogens is 336 g/mol. The number of fused-ring (bicyclic) bond motifs is 2. The van der Waals surface area contributed by atoms with Crippen molar-refractivity contribution in [3.8, 4) is 0 Å². The smallest absolute Gasteiger partial charge is 0.0661 e. The van der Waals surface area contributed by atoms with E-state index in [1.54, 1.807) is 0 Å². The summed E-state index contributed by atoms with van der Waals surface area (Å²) in [4.78, 5) is 5.36. The van der Waals surface area contributed by atoms with Gasteiger partial charge in [-0.25, -0.2) is 10.0 Å². The van der Waals surface area contributed by atoms with Crippen LogP contribution in [0.1, 0.15) is 65.2 Å². The van der Waals surface area contributed by atoms with Gasteiger partial charge < -0.3 is 5.11 Å². The molecule has 5 nitrogen and oxygen atoms in total. The molecular formula is C22H40N4O. The second-order valence-electron chi connectivity index (χ2n) is 11.0. The fourth-order valence-electron chi connectivity index (χ4n) is 7.38. The lowest BCUT2D eigenvalue weighted by Crippen LogP contribution is -2.58. The minimum atomic E-state index is -0.546. The number of hydrazine groups is 1. The second kappa shape index (κ2) is 6.40. The zero-order chi connectivity index (χ0) is 19.0. The topological polar surface area (TPSA) is 33.2 Å². The van der Waals surface area contributed by atoms with Crippen molar-refractivity contribution < 1.29 is 5.11 Å². The standard InChI is InChI=1S/C22H40N4O/c1-21(2,27)22-12-18(13-22)25(15-22)20-11-17(9-10-23(20)3)26-19-8-6-5-7-16(19)14-24(26)4/h16-20,27H,5-15H2,1-4H3. The summed E-state index contributed by atoms with van der Waals surface area (Å²) in [6.45, 7) is 7.63. The molecule has 4 saturated heterocycles. The molecule has 5 heteroatoms. The van der Waals surface area contributed by atoms with Gasteiger partial charge in [-0.2, -0.15) is 0 Å². The molecule has 6 fully saturated rings. The fourth-order valence-corrected chi connectivity index (χ4v) is 7.38. The molecule has 0 aromatic rings. The first kappa shape index (κ1) is 18.8. The van der Waals surface area contributed by atoms with Crippen LogP contribution in [0.25, 0.3) is 0 Å². The summed E-state index contributed by atoms with van der Waals surface area (Å²) in [5, 5.41) is 16.1. The van der Waals surface area contributed by atoms with Gasteiger partial charge in [-0.15, -0.1) is 0 Å². The van der Waals surface area contributed by atoms with Crippen LogP contribution in [-0.4, -0.2) is 88.5 Å². The van der Waals surface area contributed by atoms with Crippen LogP contribution in [0.4, 0.5) is 0 Å². The van der Waals surface area contributed by atoms with Gasteiger partial charge in [0.2, 0.25) is 0 Å². The molecule has 0 spiro atoms. The molecule has 2 saturated carbocycles. The Balaban J connectivity index is 1.31. The van der Waals surface area contributed by atoms with E-state index in [0.29, 0.717) is 18.2 Å². The molecule has 2 aliphatic carbocycles. The van der Waals surface area contributed by atoms with E-state index in [1.165, 1.54) is 64.5 Å². The first-order valence-electron chi connectivity index (χ1n) is 11.5. The van der Waals surface area contributed by atoms with Crippen LogP contribution in [0.15, 0.2) is 0 Å². The molecule has 2 bridgehead atoms. The third-order valence-electron chi connectivity index (χ3n) is 9.17. The van der Waals surface area contributed by atoms with Crippen LogP contribution in [0.2, 0.25) is 0 Å². The van der Waals surface area contributed by atoms with Crippen molar-refractivity contribution in [3.63, 3.8) is 0 Å². The number of nitrogens with zero attached hydrogens (tertiary/aromatic N) is 4. The molecule has 27 heavy (non-hydrogen) atoms. The predicted octanol–water partition coefficient (Wildman–Crippen LogP) is 2.36. The maximum atomic E-state index is 10.7. The van der Waals surface area contributed by atoms with E-state index in [1.807, 2.05) is 13.8 Å². The van der Waals surface area contributed by atoms with Crippen LogP contribution in [0.5, 0.6) is 0 Å². The van der Waals surface area contributed by atoms with E-state index in [-0.39, 0.29) is 5.41 Å². The van der Waals surface area contributed by atoms with Gasteiger partial charge in [-0.1, -0.05) is 12.8 Å². The Labute approximate surface area is 165 Å². The zero-order valence-corrected chi connectivity index (χ0v) is 17.9. The Morgan fingerprint density at radius 3 is 2.44 bits per heavy atom. The second-order valence-corrected chi connectivity index (χ2v) is 11.0. The molecule has 4 unspecified atom stereocenters. The summed E-state index contributed by atoms with van der Waals surface area (Å²) in [5.74, 6) is 0.903. The molecule has 4 heterocycles. The Bertz CT molecular complexity index is 569. The third kappa shape index (κ3) is 2.83. The highest BCUT2D eigenvalue weighted by molar-refractivity contribution is 5.15. The van der Waals surface area contributed by atoms with Crippen molar-refractivity contribution in [2.75, 3.05) is 33.7 Å². The number of rotatable bonds is 3. The van der Waals surface area contributed by atoms with Gasteiger partial charge >= 0.3 is 0 Å². The highest BCUT2D eigenvalue weighted by atomic mass is 16.3. The van der Waals surface area contributed by atoms with E-state index in [4.69, 9.17) is 0 Å². The maximum Gasteiger partial charge on any atom is 0.0661 e. The van der Waals surface area contributed by atoms with Gasteiger partial charge in [0.05, 0.1) is 11.8 Å². The number of likely N-dealkylation sites (tertiary alicyclic amines) is 1. The predicted molar refractivity (Wildman–Crippen MR) is 108 cm³/mol. The van der Waals surface area contributed by atoms with E-state index < -0.39 is 5.60 Å². The number of aliphatic hydroxyl groups is 1. The van der Waals surface area contributed by atoms with E-state index >= 15 is 0 Å². The number of piperidine rings is 1. The normalized spacial score (nSPS) is 47.2. The quantitative estimate of drug-likeness (QED) is 0.818. The van der Waals surface area contributed by atoms with Crippen molar-refractivity contribution in [3.05, 3.63) is 0 Å². The van der Waals surface area contributed by atoms with Gasteiger partial charge in [0.25, 0.3) is 0 Å². The van der Waals surface area contributed by atoms with E-state index in [2.05, 4.69) is 33.9 Å². The van der Waals surface area contributed by atoms with Crippen molar-refractivity contribution >= 4 is 0 Å². The largest absolute Gasteiger partial charge is 0.390 e. The van der Waals surface area contributed by atoms with Crippen molar-refractivity contribution in [1.82, 2.24) is 19.8 Å². The lowest BCUT2D eigenvalue weighted by molar-refractivity contribution is -0.0831. The summed E-state index contributed by atoms with van der Waals surface area (Å²) in [6, 6.07) is 2.19. The summed E-state index contributed by atoms with van der Waals surface area (Å²) in [5.41, 5.74) is -0.403. The van der Waals surface area contributed by atoms with Gasteiger partial charge in [0, 0.05) is 50.2 Å². The number of hydrogen-bond acceptors (Lipinski definition) is 5. The highest BCUT2D eigenvalue weighted by Crippen LogP contribution is 2.58. The summed E-state index contributed by atoms with van der Waals surface area (Å²) in [7, 11) is 4.66. The third-order valence-corrected chi connectivity index (χ3v) is 9.17. The average Bonchev–Trinajstić information content (AvgIpc) is 3.23. The Morgan fingerprint density at radius 2 is 1.74 bits per heavy atom. The van der Waals surface area contributed by atoms with Gasteiger partial charge in [0.15, 0.2) is 0 Å². The molecule has 1 N–H and O–H groups in total. The lowest BCUT2D eigenvalue weighted by atomic mass is 9.61.